The molecular formula is C18H20N4O2. The Hall–Kier alpha value is -2.47. The van der Waals surface area contributed by atoms with E-state index in [4.69, 9.17) is 9.47 Å². The number of hydrogen-bond acceptors (Lipinski definition) is 6. The van der Waals surface area contributed by atoms with E-state index < -0.39 is 0 Å². The van der Waals surface area contributed by atoms with Crippen molar-refractivity contribution in [2.75, 3.05) is 31.7 Å². The summed E-state index contributed by atoms with van der Waals surface area (Å²) in [5.41, 5.74) is 4.06. The van der Waals surface area contributed by atoms with Crippen molar-refractivity contribution < 1.29 is 9.47 Å². The summed E-state index contributed by atoms with van der Waals surface area (Å²) in [6, 6.07) is 8.08. The van der Waals surface area contributed by atoms with Gasteiger partial charge in [0.2, 0.25) is 0 Å². The molecule has 0 radical (unpaired) electrons. The summed E-state index contributed by atoms with van der Waals surface area (Å²) >= 11 is 0. The monoisotopic (exact) mass is 324 g/mol. The number of anilines is 1. The van der Waals surface area contributed by atoms with Gasteiger partial charge in [0.1, 0.15) is 17.9 Å². The molecule has 1 saturated heterocycles. The fourth-order valence-corrected chi connectivity index (χ4v) is 3.19. The highest BCUT2D eigenvalue weighted by atomic mass is 16.5. The minimum atomic E-state index is 0.214. The molecule has 6 nitrogen and oxygen atoms in total. The maximum atomic E-state index is 5.61. The van der Waals surface area contributed by atoms with E-state index in [1.54, 1.807) is 13.4 Å². The molecular weight excluding hydrogens is 304 g/mol. The van der Waals surface area contributed by atoms with Crippen LogP contribution >= 0.6 is 0 Å². The van der Waals surface area contributed by atoms with E-state index in [0.717, 1.165) is 48.2 Å². The van der Waals surface area contributed by atoms with Crippen molar-refractivity contribution in [3.8, 4) is 5.75 Å². The SMILES string of the molecule is COc1ccc2c(c1)C(c1cc(N3CCO[C@H](C)C3)ncn1)=NC2. The summed E-state index contributed by atoms with van der Waals surface area (Å²) in [5, 5.41) is 0. The summed E-state index contributed by atoms with van der Waals surface area (Å²) in [6.45, 7) is 5.17. The summed E-state index contributed by atoms with van der Waals surface area (Å²) in [6.07, 6.45) is 1.83. The van der Waals surface area contributed by atoms with Crippen LogP contribution in [0.15, 0.2) is 35.6 Å². The third-order valence-corrected chi connectivity index (χ3v) is 4.44. The molecule has 0 unspecified atom stereocenters. The molecule has 0 aliphatic carbocycles. The molecule has 2 aliphatic rings. The van der Waals surface area contributed by atoms with Crippen molar-refractivity contribution in [3.63, 3.8) is 0 Å². The van der Waals surface area contributed by atoms with Gasteiger partial charge in [0, 0.05) is 24.7 Å². The largest absolute Gasteiger partial charge is 0.497 e. The molecule has 1 aromatic heterocycles. The van der Waals surface area contributed by atoms with Crippen molar-refractivity contribution in [1.29, 1.82) is 0 Å². The molecule has 0 bridgehead atoms. The summed E-state index contributed by atoms with van der Waals surface area (Å²) in [5.74, 6) is 1.76. The second-order valence-corrected chi connectivity index (χ2v) is 6.08. The van der Waals surface area contributed by atoms with E-state index in [9.17, 15) is 0 Å². The van der Waals surface area contributed by atoms with E-state index >= 15 is 0 Å². The molecule has 3 heterocycles. The van der Waals surface area contributed by atoms with E-state index in [1.165, 1.54) is 5.56 Å². The second kappa shape index (κ2) is 6.20. The zero-order chi connectivity index (χ0) is 16.5. The predicted molar refractivity (Wildman–Crippen MR) is 92.0 cm³/mol. The van der Waals surface area contributed by atoms with Gasteiger partial charge in [0.15, 0.2) is 0 Å². The van der Waals surface area contributed by atoms with Crippen LogP contribution in [0.4, 0.5) is 5.82 Å². The van der Waals surface area contributed by atoms with Crippen LogP contribution in [-0.2, 0) is 11.3 Å². The molecule has 2 aromatic rings. The molecule has 1 aromatic carbocycles. The van der Waals surface area contributed by atoms with Gasteiger partial charge >= 0.3 is 0 Å². The first-order valence-corrected chi connectivity index (χ1v) is 8.15. The Labute approximate surface area is 141 Å². The molecule has 0 spiro atoms. The van der Waals surface area contributed by atoms with Gasteiger partial charge < -0.3 is 14.4 Å². The number of nitrogens with zero attached hydrogens (tertiary/aromatic N) is 4. The summed E-state index contributed by atoms with van der Waals surface area (Å²) in [7, 11) is 1.68. The van der Waals surface area contributed by atoms with Crippen LogP contribution < -0.4 is 9.64 Å². The van der Waals surface area contributed by atoms with Crippen molar-refractivity contribution in [2.45, 2.75) is 19.6 Å². The van der Waals surface area contributed by atoms with E-state index in [0.29, 0.717) is 6.54 Å². The molecule has 2 aliphatic heterocycles. The second-order valence-electron chi connectivity index (χ2n) is 6.08. The Balaban J connectivity index is 1.66. The summed E-state index contributed by atoms with van der Waals surface area (Å²) in [4.78, 5) is 15.8. The normalized spacial score (nSPS) is 19.8. The van der Waals surface area contributed by atoms with Gasteiger partial charge in [-0.1, -0.05) is 6.07 Å². The fraction of sp³-hybridized carbons (Fsp3) is 0.389. The van der Waals surface area contributed by atoms with Gasteiger partial charge in [-0.3, -0.25) is 4.99 Å². The van der Waals surface area contributed by atoms with E-state index in [-0.39, 0.29) is 6.10 Å². The lowest BCUT2D eigenvalue weighted by atomic mass is 10.0. The maximum absolute atomic E-state index is 5.61. The van der Waals surface area contributed by atoms with Gasteiger partial charge in [-0.15, -0.1) is 0 Å². The van der Waals surface area contributed by atoms with Crippen LogP contribution in [0.1, 0.15) is 23.7 Å². The van der Waals surface area contributed by atoms with Crippen molar-refractivity contribution >= 4 is 11.5 Å². The smallest absolute Gasteiger partial charge is 0.132 e. The lowest BCUT2D eigenvalue weighted by Gasteiger charge is -2.32. The van der Waals surface area contributed by atoms with Crippen LogP contribution in [0.2, 0.25) is 0 Å². The van der Waals surface area contributed by atoms with Gasteiger partial charge in [0.05, 0.1) is 37.8 Å². The minimum Gasteiger partial charge on any atom is -0.497 e. The maximum Gasteiger partial charge on any atom is 0.132 e. The predicted octanol–water partition coefficient (Wildman–Crippen LogP) is 2.06. The first-order chi connectivity index (χ1) is 11.7. The lowest BCUT2D eigenvalue weighted by molar-refractivity contribution is 0.0529. The van der Waals surface area contributed by atoms with Crippen molar-refractivity contribution in [1.82, 2.24) is 9.97 Å². The number of fused-ring (bicyclic) bond motifs is 1. The average Bonchev–Trinajstić information content (AvgIpc) is 3.05. The van der Waals surface area contributed by atoms with E-state index in [1.807, 2.05) is 18.2 Å². The molecule has 1 atom stereocenters. The van der Waals surface area contributed by atoms with Gasteiger partial charge in [-0.05, 0) is 24.6 Å². The van der Waals surface area contributed by atoms with Gasteiger partial charge in [-0.25, -0.2) is 9.97 Å². The number of hydrogen-bond donors (Lipinski definition) is 0. The zero-order valence-electron chi connectivity index (χ0n) is 13.9. The number of rotatable bonds is 3. The molecule has 4 rings (SSSR count). The third-order valence-electron chi connectivity index (χ3n) is 4.44. The topological polar surface area (TPSA) is 59.8 Å². The summed E-state index contributed by atoms with van der Waals surface area (Å²) < 4.78 is 11.0. The highest BCUT2D eigenvalue weighted by molar-refractivity contribution is 6.14. The van der Waals surface area contributed by atoms with E-state index in [2.05, 4.69) is 32.9 Å². The molecule has 0 amide bonds. The fourth-order valence-electron chi connectivity index (χ4n) is 3.19. The Kier molecular flexibility index (Phi) is 3.90. The zero-order valence-corrected chi connectivity index (χ0v) is 13.9. The molecule has 124 valence electrons. The Morgan fingerprint density at radius 2 is 2.17 bits per heavy atom. The highest BCUT2D eigenvalue weighted by Crippen LogP contribution is 2.27. The Bertz CT molecular complexity index is 790. The number of benzene rings is 1. The lowest BCUT2D eigenvalue weighted by Crippen LogP contribution is -2.41. The molecule has 6 heteroatoms. The number of morpholine rings is 1. The standard InChI is InChI=1S/C18H20N4O2/c1-12-10-22(5-6-24-12)17-8-16(20-11-21-17)18-15-7-14(23-2)4-3-13(15)9-19-18/h3-4,7-8,11-12H,5-6,9-10H2,1-2H3/t12-/m1/s1. The first kappa shape index (κ1) is 15.1. The van der Waals surface area contributed by atoms with Crippen LogP contribution in [0, 0.1) is 0 Å². The third kappa shape index (κ3) is 2.73. The van der Waals surface area contributed by atoms with Crippen LogP contribution in [0.3, 0.4) is 0 Å². The molecule has 0 saturated carbocycles. The number of aliphatic imine (C=N–C) groups is 1. The number of ether oxygens (including phenoxy) is 2. The minimum absolute atomic E-state index is 0.214. The van der Waals surface area contributed by atoms with Crippen LogP contribution in [0.25, 0.3) is 0 Å². The molecule has 1 fully saturated rings. The molecule has 24 heavy (non-hydrogen) atoms. The Morgan fingerprint density at radius 3 is 3.00 bits per heavy atom. The van der Waals surface area contributed by atoms with Crippen molar-refractivity contribution in [2.24, 2.45) is 4.99 Å². The highest BCUT2D eigenvalue weighted by Gasteiger charge is 2.22. The van der Waals surface area contributed by atoms with Gasteiger partial charge in [0.25, 0.3) is 0 Å². The molecule has 0 N–H and O–H groups in total. The first-order valence-electron chi connectivity index (χ1n) is 8.15. The van der Waals surface area contributed by atoms with Crippen molar-refractivity contribution in [3.05, 3.63) is 47.4 Å². The number of aromatic nitrogens is 2. The van der Waals surface area contributed by atoms with Crippen LogP contribution in [-0.4, -0.2) is 48.6 Å². The Morgan fingerprint density at radius 1 is 1.25 bits per heavy atom. The number of methoxy groups -OCH3 is 1. The average molecular weight is 324 g/mol. The van der Waals surface area contributed by atoms with Crippen LogP contribution in [0.5, 0.6) is 5.75 Å². The quantitative estimate of drug-likeness (QED) is 0.865. The van der Waals surface area contributed by atoms with Gasteiger partial charge in [-0.2, -0.15) is 0 Å².